The van der Waals surface area contributed by atoms with E-state index >= 15 is 0 Å². The molecule has 1 aromatic rings. The number of thioether (sulfide) groups is 1. The van der Waals surface area contributed by atoms with Gasteiger partial charge in [-0.1, -0.05) is 6.92 Å². The van der Waals surface area contributed by atoms with Gasteiger partial charge in [-0.2, -0.15) is 24.9 Å². The van der Waals surface area contributed by atoms with Gasteiger partial charge < -0.3 is 28.5 Å². The van der Waals surface area contributed by atoms with Crippen molar-refractivity contribution in [3.63, 3.8) is 0 Å². The van der Waals surface area contributed by atoms with Gasteiger partial charge in [0.05, 0.1) is 5.57 Å². The first-order valence-corrected chi connectivity index (χ1v) is 11.6. The number of carbonyl (C=O) groups excluding carboxylic acids is 2. The molecule has 0 amide bonds. The molecule has 0 radical (unpaired) electrons. The number of fused-ring (bicyclic) bond motifs is 1. The van der Waals surface area contributed by atoms with Gasteiger partial charge in [-0.3, -0.25) is 0 Å². The van der Waals surface area contributed by atoms with Crippen LogP contribution in [-0.2, 0) is 30.3 Å². The van der Waals surface area contributed by atoms with Crippen molar-refractivity contribution in [1.82, 2.24) is 0 Å². The number of hydrogen-bond donors (Lipinski definition) is 0. The Kier molecular flexibility index (Phi) is 10.7. The highest BCUT2D eigenvalue weighted by Crippen LogP contribution is 2.42. The maximum absolute atomic E-state index is 13.6. The van der Waals surface area contributed by atoms with Gasteiger partial charge in [0.15, 0.2) is 0 Å². The summed E-state index contributed by atoms with van der Waals surface area (Å²) in [5.74, 6) is -2.31. The standard InChI is InChI=1S/C20H19F6NO10S/c1-2-11-7-13(37-20(24,25)26)8-12-9-14(16(19(21,22)23)36-15(11)12)17(28)33-10-34-18(29)32-3-5-38-6-4-35-27(30)31/h7-9,16H,2-6,10H2,1H3/t16-/m0/s1. The van der Waals surface area contributed by atoms with Crippen LogP contribution in [-0.4, -0.2) is 67.4 Å². The second-order valence-electron chi connectivity index (χ2n) is 7.00. The fourth-order valence-electron chi connectivity index (χ4n) is 2.94. The number of aryl methyl sites for hydroxylation is 1. The number of hydrogen-bond acceptors (Lipinski definition) is 11. The summed E-state index contributed by atoms with van der Waals surface area (Å²) < 4.78 is 101. The van der Waals surface area contributed by atoms with Gasteiger partial charge >= 0.3 is 24.7 Å². The van der Waals surface area contributed by atoms with Gasteiger partial charge in [0.25, 0.3) is 5.09 Å². The van der Waals surface area contributed by atoms with Crippen molar-refractivity contribution in [3.8, 4) is 11.5 Å². The largest absolute Gasteiger partial charge is 0.573 e. The molecule has 1 aliphatic heterocycles. The fraction of sp³-hybridized carbons (Fsp3) is 0.500. The molecule has 0 unspecified atom stereocenters. The van der Waals surface area contributed by atoms with Gasteiger partial charge in [-0.15, -0.1) is 23.3 Å². The molecule has 0 aliphatic carbocycles. The highest BCUT2D eigenvalue weighted by atomic mass is 32.2. The van der Waals surface area contributed by atoms with Gasteiger partial charge in [0.1, 0.15) is 24.7 Å². The molecule has 0 bridgehead atoms. The zero-order chi connectivity index (χ0) is 28.5. The van der Waals surface area contributed by atoms with Crippen LogP contribution in [0.5, 0.6) is 11.5 Å². The Balaban J connectivity index is 2.02. The van der Waals surface area contributed by atoms with E-state index in [1.807, 2.05) is 0 Å². The van der Waals surface area contributed by atoms with E-state index in [0.29, 0.717) is 6.08 Å². The van der Waals surface area contributed by atoms with E-state index in [1.54, 1.807) is 0 Å². The van der Waals surface area contributed by atoms with Crippen LogP contribution in [0.25, 0.3) is 6.08 Å². The molecule has 11 nitrogen and oxygen atoms in total. The Morgan fingerprint density at radius 2 is 1.76 bits per heavy atom. The van der Waals surface area contributed by atoms with Crippen molar-refractivity contribution < 1.29 is 69.5 Å². The Hall–Kier alpha value is -3.57. The first-order chi connectivity index (χ1) is 17.7. The number of rotatable bonds is 12. The lowest BCUT2D eigenvalue weighted by atomic mass is 9.97. The molecule has 212 valence electrons. The van der Waals surface area contributed by atoms with Crippen LogP contribution >= 0.6 is 11.8 Å². The average molecular weight is 579 g/mol. The molecule has 0 saturated carbocycles. The van der Waals surface area contributed by atoms with Crippen LogP contribution in [0.15, 0.2) is 17.7 Å². The van der Waals surface area contributed by atoms with Crippen LogP contribution in [0.4, 0.5) is 31.1 Å². The molecule has 0 N–H and O–H groups in total. The SMILES string of the molecule is CCc1cc(OC(F)(F)F)cc2c1O[C@H](C(F)(F)F)C(C(=O)OCOC(=O)OCCSCCO[N+](=O)[O-])=C2. The minimum Gasteiger partial charge on any atom is -0.475 e. The van der Waals surface area contributed by atoms with E-state index in [9.17, 15) is 46.0 Å². The topological polar surface area (TPSA) is 133 Å². The smallest absolute Gasteiger partial charge is 0.475 e. The summed E-state index contributed by atoms with van der Waals surface area (Å²) in [5.41, 5.74) is -1.44. The molecule has 0 saturated heterocycles. The second-order valence-corrected chi connectivity index (χ2v) is 8.23. The number of nitrogens with zero attached hydrogens (tertiary/aromatic N) is 1. The molecular weight excluding hydrogens is 560 g/mol. The fourth-order valence-corrected chi connectivity index (χ4v) is 3.53. The van der Waals surface area contributed by atoms with E-state index in [1.165, 1.54) is 6.92 Å². The van der Waals surface area contributed by atoms with Crippen LogP contribution in [0, 0.1) is 10.1 Å². The lowest BCUT2D eigenvalue weighted by Gasteiger charge is -2.29. The van der Waals surface area contributed by atoms with E-state index in [4.69, 9.17) is 4.74 Å². The summed E-state index contributed by atoms with van der Waals surface area (Å²) in [6, 6.07) is 1.62. The minimum absolute atomic E-state index is 0.0172. The van der Waals surface area contributed by atoms with Crippen LogP contribution in [0.2, 0.25) is 0 Å². The zero-order valence-electron chi connectivity index (χ0n) is 19.3. The summed E-state index contributed by atoms with van der Waals surface area (Å²) in [5, 5.41) is 9.01. The van der Waals surface area contributed by atoms with Crippen molar-refractivity contribution in [2.24, 2.45) is 0 Å². The third-order valence-corrected chi connectivity index (χ3v) is 5.29. The number of carbonyl (C=O) groups is 2. The van der Waals surface area contributed by atoms with Gasteiger partial charge in [0.2, 0.25) is 12.9 Å². The third kappa shape index (κ3) is 9.71. The molecule has 1 aromatic carbocycles. The van der Waals surface area contributed by atoms with Crippen molar-refractivity contribution in [2.45, 2.75) is 32.0 Å². The van der Waals surface area contributed by atoms with Crippen molar-refractivity contribution in [2.75, 3.05) is 31.5 Å². The number of benzene rings is 1. The highest BCUT2D eigenvalue weighted by Gasteiger charge is 2.49. The summed E-state index contributed by atoms with van der Waals surface area (Å²) in [6.07, 6.45) is -13.7. The number of alkyl halides is 6. The van der Waals surface area contributed by atoms with Crippen molar-refractivity contribution in [1.29, 1.82) is 0 Å². The number of halogens is 6. The van der Waals surface area contributed by atoms with Crippen molar-refractivity contribution in [3.05, 3.63) is 38.9 Å². The molecule has 0 spiro atoms. The van der Waals surface area contributed by atoms with Gasteiger partial charge in [-0.05, 0) is 30.2 Å². The van der Waals surface area contributed by atoms with E-state index in [0.717, 1.165) is 23.9 Å². The molecule has 18 heteroatoms. The Morgan fingerprint density at radius 3 is 2.37 bits per heavy atom. The molecule has 1 heterocycles. The van der Waals surface area contributed by atoms with Gasteiger partial charge in [0, 0.05) is 17.1 Å². The van der Waals surface area contributed by atoms with Crippen LogP contribution < -0.4 is 9.47 Å². The molecule has 1 aliphatic rings. The zero-order valence-corrected chi connectivity index (χ0v) is 20.1. The van der Waals surface area contributed by atoms with E-state index in [2.05, 4.69) is 23.8 Å². The lowest BCUT2D eigenvalue weighted by Crippen LogP contribution is -2.41. The van der Waals surface area contributed by atoms with Gasteiger partial charge in [-0.25, -0.2) is 9.59 Å². The minimum atomic E-state index is -5.11. The Labute approximate surface area is 214 Å². The normalized spacial score (nSPS) is 14.9. The summed E-state index contributed by atoms with van der Waals surface area (Å²) in [7, 11) is 0. The molecule has 2 rings (SSSR count). The lowest BCUT2D eigenvalue weighted by molar-refractivity contribution is -0.756. The maximum Gasteiger partial charge on any atom is 0.573 e. The number of ether oxygens (including phenoxy) is 5. The van der Waals surface area contributed by atoms with Crippen LogP contribution in [0.3, 0.4) is 0 Å². The summed E-state index contributed by atoms with van der Waals surface area (Å²) >= 11 is 1.14. The van der Waals surface area contributed by atoms with E-state index in [-0.39, 0.29) is 48.0 Å². The molecule has 0 fully saturated rings. The van der Waals surface area contributed by atoms with Crippen LogP contribution in [0.1, 0.15) is 18.1 Å². The predicted octanol–water partition coefficient (Wildman–Crippen LogP) is 4.45. The summed E-state index contributed by atoms with van der Waals surface area (Å²) in [6.45, 7) is -0.0681. The quantitative estimate of drug-likeness (QED) is 0.0869. The van der Waals surface area contributed by atoms with Crippen molar-refractivity contribution >= 4 is 30.0 Å². The van der Waals surface area contributed by atoms with E-state index < -0.39 is 54.0 Å². The predicted molar refractivity (Wildman–Crippen MR) is 115 cm³/mol. The summed E-state index contributed by atoms with van der Waals surface area (Å²) in [4.78, 5) is 37.9. The molecular formula is C20H19F6NO10S. The molecule has 0 aromatic heterocycles. The first-order valence-electron chi connectivity index (χ1n) is 10.4. The third-order valence-electron chi connectivity index (χ3n) is 4.38. The Morgan fingerprint density at radius 1 is 1.08 bits per heavy atom. The number of esters is 1. The second kappa shape index (κ2) is 13.3. The first kappa shape index (κ1) is 30.7. The monoisotopic (exact) mass is 579 g/mol. The molecule has 1 atom stereocenters. The highest BCUT2D eigenvalue weighted by molar-refractivity contribution is 7.99. The Bertz CT molecular complexity index is 1050. The maximum atomic E-state index is 13.6. The average Bonchev–Trinajstić information content (AvgIpc) is 2.80. The molecule has 38 heavy (non-hydrogen) atoms.